The molecule has 1 heterocycles. The predicted octanol–water partition coefficient (Wildman–Crippen LogP) is 2.56. The molecule has 1 fully saturated rings. The van der Waals surface area contributed by atoms with E-state index in [1.54, 1.807) is 0 Å². The zero-order valence-electron chi connectivity index (χ0n) is 14.3. The van der Waals surface area contributed by atoms with Gasteiger partial charge in [-0.2, -0.15) is 0 Å². The lowest BCUT2D eigenvalue weighted by molar-refractivity contribution is -0.143. The number of anilines is 2. The number of aryl methyl sites for hydroxylation is 1. The van der Waals surface area contributed by atoms with E-state index in [0.717, 1.165) is 23.4 Å². The Kier molecular flexibility index (Phi) is 5.16. The maximum atomic E-state index is 13.6. The van der Waals surface area contributed by atoms with Gasteiger partial charge in [-0.1, -0.05) is 12.1 Å². The monoisotopic (exact) mass is 359 g/mol. The van der Waals surface area contributed by atoms with Crippen LogP contribution in [-0.4, -0.2) is 42.9 Å². The van der Waals surface area contributed by atoms with E-state index >= 15 is 0 Å². The van der Waals surface area contributed by atoms with Crippen molar-refractivity contribution in [2.45, 2.75) is 6.92 Å². The molecule has 5 nitrogen and oxygen atoms in total. The number of carbonyl (C=O) groups is 2. The fraction of sp³-hybridized carbons (Fsp3) is 0.263. The van der Waals surface area contributed by atoms with Crippen LogP contribution in [0.15, 0.2) is 42.5 Å². The third-order valence-corrected chi connectivity index (χ3v) is 4.31. The first-order valence-electron chi connectivity index (χ1n) is 8.31. The number of hydrogen-bond acceptors (Lipinski definition) is 3. The molecule has 0 aliphatic carbocycles. The standard InChI is InChI=1S/C19H19F2N3O2/c1-13-3-2-4-15(11-13)23-7-9-24(10-8-23)19(26)18(25)22-17-6-5-14(20)12-16(17)21/h2-6,11-12H,7-10H2,1H3,(H,22,25). The normalized spacial score (nSPS) is 14.3. The van der Waals surface area contributed by atoms with E-state index in [9.17, 15) is 18.4 Å². The predicted molar refractivity (Wildman–Crippen MR) is 95.0 cm³/mol. The van der Waals surface area contributed by atoms with Crippen LogP contribution in [0.4, 0.5) is 20.2 Å². The zero-order valence-corrected chi connectivity index (χ0v) is 14.3. The Labute approximate surface area is 150 Å². The molecule has 2 aromatic rings. The van der Waals surface area contributed by atoms with Crippen LogP contribution in [0.25, 0.3) is 0 Å². The lowest BCUT2D eigenvalue weighted by Gasteiger charge is -2.35. The van der Waals surface area contributed by atoms with Crippen molar-refractivity contribution in [1.29, 1.82) is 0 Å². The molecule has 0 atom stereocenters. The van der Waals surface area contributed by atoms with Gasteiger partial charge in [-0.25, -0.2) is 8.78 Å². The SMILES string of the molecule is Cc1cccc(N2CCN(C(=O)C(=O)Nc3ccc(F)cc3F)CC2)c1. The molecule has 0 spiro atoms. The summed E-state index contributed by atoms with van der Waals surface area (Å²) in [4.78, 5) is 27.9. The number of nitrogens with zero attached hydrogens (tertiary/aromatic N) is 2. The van der Waals surface area contributed by atoms with Gasteiger partial charge < -0.3 is 15.1 Å². The lowest BCUT2D eigenvalue weighted by Crippen LogP contribution is -2.51. The van der Waals surface area contributed by atoms with Gasteiger partial charge in [0.2, 0.25) is 0 Å². The topological polar surface area (TPSA) is 52.7 Å². The van der Waals surface area contributed by atoms with E-state index in [-0.39, 0.29) is 5.69 Å². The summed E-state index contributed by atoms with van der Waals surface area (Å²) in [6.07, 6.45) is 0. The molecule has 2 amide bonds. The van der Waals surface area contributed by atoms with Crippen molar-refractivity contribution >= 4 is 23.2 Å². The lowest BCUT2D eigenvalue weighted by atomic mass is 10.2. The molecule has 26 heavy (non-hydrogen) atoms. The van der Waals surface area contributed by atoms with Crippen molar-refractivity contribution in [3.05, 3.63) is 59.7 Å². The fourth-order valence-electron chi connectivity index (χ4n) is 2.90. The van der Waals surface area contributed by atoms with E-state index in [4.69, 9.17) is 0 Å². The molecule has 136 valence electrons. The van der Waals surface area contributed by atoms with Crippen molar-refractivity contribution in [3.8, 4) is 0 Å². The summed E-state index contributed by atoms with van der Waals surface area (Å²) in [6.45, 7) is 4.02. The minimum Gasteiger partial charge on any atom is -0.368 e. The Balaban J connectivity index is 1.58. The maximum Gasteiger partial charge on any atom is 0.313 e. The van der Waals surface area contributed by atoms with Crippen LogP contribution >= 0.6 is 0 Å². The summed E-state index contributed by atoms with van der Waals surface area (Å²) in [5.74, 6) is -3.33. The number of hydrogen-bond donors (Lipinski definition) is 1. The van der Waals surface area contributed by atoms with Crippen molar-refractivity contribution in [2.75, 3.05) is 36.4 Å². The second kappa shape index (κ2) is 7.51. The molecule has 7 heteroatoms. The first kappa shape index (κ1) is 17.8. The molecule has 0 radical (unpaired) electrons. The summed E-state index contributed by atoms with van der Waals surface area (Å²) >= 11 is 0. The maximum absolute atomic E-state index is 13.6. The smallest absolute Gasteiger partial charge is 0.313 e. The molecule has 1 N–H and O–H groups in total. The molecule has 0 saturated carbocycles. The van der Waals surface area contributed by atoms with E-state index in [1.165, 1.54) is 4.90 Å². The summed E-state index contributed by atoms with van der Waals surface area (Å²) in [7, 11) is 0. The van der Waals surface area contributed by atoms with Crippen LogP contribution in [0.1, 0.15) is 5.56 Å². The van der Waals surface area contributed by atoms with Crippen LogP contribution in [0.2, 0.25) is 0 Å². The fourth-order valence-corrected chi connectivity index (χ4v) is 2.90. The number of carbonyl (C=O) groups excluding carboxylic acids is 2. The van der Waals surface area contributed by atoms with E-state index < -0.39 is 23.4 Å². The van der Waals surface area contributed by atoms with Crippen LogP contribution < -0.4 is 10.2 Å². The second-order valence-corrected chi connectivity index (χ2v) is 6.20. The Hall–Kier alpha value is -2.96. The molecule has 2 aromatic carbocycles. The van der Waals surface area contributed by atoms with Crippen molar-refractivity contribution < 1.29 is 18.4 Å². The number of rotatable bonds is 2. The van der Waals surface area contributed by atoms with Gasteiger partial charge in [-0.05, 0) is 36.8 Å². The Bertz CT molecular complexity index is 833. The average Bonchev–Trinajstić information content (AvgIpc) is 2.63. The highest BCUT2D eigenvalue weighted by atomic mass is 19.1. The van der Waals surface area contributed by atoms with E-state index in [0.29, 0.717) is 32.2 Å². The molecule has 0 aromatic heterocycles. The van der Waals surface area contributed by atoms with Gasteiger partial charge in [0.1, 0.15) is 11.6 Å². The molecular formula is C19H19F2N3O2. The van der Waals surface area contributed by atoms with Crippen LogP contribution in [0.3, 0.4) is 0 Å². The van der Waals surface area contributed by atoms with Crippen LogP contribution in [0.5, 0.6) is 0 Å². The summed E-state index contributed by atoms with van der Waals surface area (Å²) < 4.78 is 26.5. The Morgan fingerprint density at radius 1 is 1.00 bits per heavy atom. The molecule has 3 rings (SSSR count). The third-order valence-electron chi connectivity index (χ3n) is 4.31. The largest absolute Gasteiger partial charge is 0.368 e. The first-order valence-corrected chi connectivity index (χ1v) is 8.31. The molecule has 1 saturated heterocycles. The molecule has 0 bridgehead atoms. The Morgan fingerprint density at radius 2 is 1.73 bits per heavy atom. The minimum absolute atomic E-state index is 0.219. The van der Waals surface area contributed by atoms with Gasteiger partial charge in [0.05, 0.1) is 5.69 Å². The van der Waals surface area contributed by atoms with Gasteiger partial charge in [0.15, 0.2) is 0 Å². The van der Waals surface area contributed by atoms with Gasteiger partial charge in [0.25, 0.3) is 0 Å². The summed E-state index contributed by atoms with van der Waals surface area (Å²) in [6, 6.07) is 10.8. The van der Waals surface area contributed by atoms with Crippen molar-refractivity contribution in [2.24, 2.45) is 0 Å². The second-order valence-electron chi connectivity index (χ2n) is 6.20. The zero-order chi connectivity index (χ0) is 18.7. The van der Waals surface area contributed by atoms with Crippen molar-refractivity contribution in [3.63, 3.8) is 0 Å². The first-order chi connectivity index (χ1) is 12.4. The summed E-state index contributed by atoms with van der Waals surface area (Å²) in [5.41, 5.74) is 2.01. The van der Waals surface area contributed by atoms with Gasteiger partial charge in [0, 0.05) is 37.9 Å². The number of nitrogens with one attached hydrogen (secondary N) is 1. The van der Waals surface area contributed by atoms with Crippen molar-refractivity contribution in [1.82, 2.24) is 4.90 Å². The number of amides is 2. The average molecular weight is 359 g/mol. The molecule has 0 unspecified atom stereocenters. The van der Waals surface area contributed by atoms with Crippen LogP contribution in [-0.2, 0) is 9.59 Å². The highest BCUT2D eigenvalue weighted by molar-refractivity contribution is 6.39. The summed E-state index contributed by atoms with van der Waals surface area (Å²) in [5, 5.41) is 2.20. The van der Waals surface area contributed by atoms with Crippen LogP contribution in [0, 0.1) is 18.6 Å². The number of benzene rings is 2. The number of piperazine rings is 1. The molecule has 1 aliphatic rings. The van der Waals surface area contributed by atoms with Gasteiger partial charge in [-0.3, -0.25) is 9.59 Å². The third kappa shape index (κ3) is 3.99. The highest BCUT2D eigenvalue weighted by Gasteiger charge is 2.26. The highest BCUT2D eigenvalue weighted by Crippen LogP contribution is 2.18. The van der Waals surface area contributed by atoms with Gasteiger partial charge in [-0.15, -0.1) is 0 Å². The van der Waals surface area contributed by atoms with E-state index in [2.05, 4.69) is 16.3 Å². The quantitative estimate of drug-likeness (QED) is 0.839. The minimum atomic E-state index is -0.931. The Morgan fingerprint density at radius 3 is 2.38 bits per heavy atom. The number of halogens is 2. The molecular weight excluding hydrogens is 340 g/mol. The van der Waals surface area contributed by atoms with Gasteiger partial charge >= 0.3 is 11.8 Å². The molecule has 1 aliphatic heterocycles. The van der Waals surface area contributed by atoms with E-state index in [1.807, 2.05) is 25.1 Å².